The summed E-state index contributed by atoms with van der Waals surface area (Å²) in [5, 5.41) is 4.58. The average molecular weight is 200 g/mol. The summed E-state index contributed by atoms with van der Waals surface area (Å²) in [6, 6.07) is 6.19. The molecule has 0 saturated heterocycles. The molecule has 2 heteroatoms. The van der Waals surface area contributed by atoms with Crippen molar-refractivity contribution in [3.05, 3.63) is 41.7 Å². The zero-order chi connectivity index (χ0) is 10.8. The van der Waals surface area contributed by atoms with Crippen LogP contribution in [0.2, 0.25) is 0 Å². The van der Waals surface area contributed by atoms with Gasteiger partial charge in [-0.05, 0) is 38.0 Å². The van der Waals surface area contributed by atoms with Crippen LogP contribution in [0.25, 0.3) is 11.1 Å². The first-order valence-electron chi connectivity index (χ1n) is 5.37. The molecule has 2 heterocycles. The summed E-state index contributed by atoms with van der Waals surface area (Å²) in [7, 11) is 0. The van der Waals surface area contributed by atoms with E-state index in [1.165, 1.54) is 22.3 Å². The highest BCUT2D eigenvalue weighted by Crippen LogP contribution is 2.24. The molecule has 0 aliphatic carbocycles. The largest absolute Gasteiger partial charge is 0.240 e. The van der Waals surface area contributed by atoms with Gasteiger partial charge in [-0.2, -0.15) is 5.10 Å². The number of hydrogen-bond donors (Lipinski definition) is 0. The van der Waals surface area contributed by atoms with Crippen LogP contribution in [-0.4, -0.2) is 9.61 Å². The molecule has 2 nitrogen and oxygen atoms in total. The van der Waals surface area contributed by atoms with E-state index >= 15 is 0 Å². The molecule has 0 aromatic carbocycles. The molecule has 0 amide bonds. The number of rotatable bonds is 2. The third-order valence-corrected chi connectivity index (χ3v) is 2.77. The summed E-state index contributed by atoms with van der Waals surface area (Å²) >= 11 is 0. The van der Waals surface area contributed by atoms with Gasteiger partial charge in [0.2, 0.25) is 0 Å². The minimum atomic E-state index is 0.974. The lowest BCUT2D eigenvalue weighted by Gasteiger charge is -2.00. The van der Waals surface area contributed by atoms with Crippen LogP contribution in [0, 0.1) is 0 Å². The van der Waals surface area contributed by atoms with Crippen LogP contribution in [0.5, 0.6) is 0 Å². The lowest BCUT2D eigenvalue weighted by atomic mass is 10.0. The Morgan fingerprint density at radius 1 is 1.47 bits per heavy atom. The van der Waals surface area contributed by atoms with Gasteiger partial charge in [0.05, 0.1) is 11.2 Å². The van der Waals surface area contributed by atoms with Gasteiger partial charge in [-0.15, -0.1) is 0 Å². The van der Waals surface area contributed by atoms with Crippen molar-refractivity contribution in [2.45, 2.75) is 27.2 Å². The molecular weight excluding hydrogens is 184 g/mol. The van der Waals surface area contributed by atoms with Gasteiger partial charge in [-0.25, -0.2) is 4.52 Å². The van der Waals surface area contributed by atoms with E-state index in [4.69, 9.17) is 0 Å². The maximum absolute atomic E-state index is 4.58. The minimum absolute atomic E-state index is 0.974. The fraction of sp³-hybridized carbons (Fsp3) is 0.308. The Bertz CT molecular complexity index is 506. The number of nitrogens with zero attached hydrogens (tertiary/aromatic N) is 2. The van der Waals surface area contributed by atoms with Gasteiger partial charge in [0.25, 0.3) is 0 Å². The maximum atomic E-state index is 4.58. The summed E-state index contributed by atoms with van der Waals surface area (Å²) < 4.78 is 1.96. The fourth-order valence-electron chi connectivity index (χ4n) is 1.87. The van der Waals surface area contributed by atoms with Crippen molar-refractivity contribution in [2.75, 3.05) is 0 Å². The molecule has 2 rings (SSSR count). The lowest BCUT2D eigenvalue weighted by molar-refractivity contribution is 0.897. The number of pyridine rings is 1. The third-order valence-electron chi connectivity index (χ3n) is 2.77. The minimum Gasteiger partial charge on any atom is -0.240 e. The van der Waals surface area contributed by atoms with E-state index in [1.807, 2.05) is 16.8 Å². The molecule has 2 aromatic heterocycles. The molecule has 0 N–H and O–H groups in total. The number of hydrogen-bond acceptors (Lipinski definition) is 1. The Kier molecular flexibility index (Phi) is 2.58. The van der Waals surface area contributed by atoms with Gasteiger partial charge < -0.3 is 0 Å². The molecule has 0 atom stereocenters. The molecule has 0 saturated carbocycles. The number of aryl methyl sites for hydroxylation is 1. The SMILES string of the molecule is C/C=C(/C)c1c(CC)nn2ccccc12. The molecule has 78 valence electrons. The number of aromatic nitrogens is 2. The van der Waals surface area contributed by atoms with E-state index in [0.717, 1.165) is 6.42 Å². The van der Waals surface area contributed by atoms with Crippen LogP contribution in [0.1, 0.15) is 32.0 Å². The van der Waals surface area contributed by atoms with Crippen molar-refractivity contribution in [3.63, 3.8) is 0 Å². The standard InChI is InChI=1S/C13H16N2/c1-4-10(3)13-11(5-2)14-15-9-7-6-8-12(13)15/h4,6-9H,5H2,1-3H3/b10-4-. The summed E-state index contributed by atoms with van der Waals surface area (Å²) in [5.74, 6) is 0. The Balaban J connectivity index is 2.78. The summed E-state index contributed by atoms with van der Waals surface area (Å²) in [6.07, 6.45) is 5.12. The van der Waals surface area contributed by atoms with E-state index in [9.17, 15) is 0 Å². The van der Waals surface area contributed by atoms with Crippen molar-refractivity contribution in [1.82, 2.24) is 9.61 Å². The average Bonchev–Trinajstić information content (AvgIpc) is 2.66. The fourth-order valence-corrected chi connectivity index (χ4v) is 1.87. The summed E-state index contributed by atoms with van der Waals surface area (Å²) in [4.78, 5) is 0. The molecule has 0 fully saturated rings. The van der Waals surface area contributed by atoms with Gasteiger partial charge >= 0.3 is 0 Å². The lowest BCUT2D eigenvalue weighted by Crippen LogP contribution is -1.86. The Labute approximate surface area is 90.2 Å². The highest BCUT2D eigenvalue weighted by molar-refractivity contribution is 5.78. The first-order chi connectivity index (χ1) is 7.27. The van der Waals surface area contributed by atoms with Gasteiger partial charge in [-0.1, -0.05) is 19.1 Å². The number of allylic oxidation sites excluding steroid dienone is 2. The van der Waals surface area contributed by atoms with Crippen molar-refractivity contribution >= 4 is 11.1 Å². The zero-order valence-corrected chi connectivity index (χ0v) is 9.49. The Hall–Kier alpha value is -1.57. The van der Waals surface area contributed by atoms with E-state index in [-0.39, 0.29) is 0 Å². The maximum Gasteiger partial charge on any atom is 0.0739 e. The topological polar surface area (TPSA) is 17.3 Å². The Morgan fingerprint density at radius 3 is 2.93 bits per heavy atom. The number of fused-ring (bicyclic) bond motifs is 1. The second-order valence-corrected chi connectivity index (χ2v) is 3.68. The molecule has 2 aromatic rings. The molecule has 0 aliphatic rings. The smallest absolute Gasteiger partial charge is 0.0739 e. The van der Waals surface area contributed by atoms with Crippen LogP contribution in [0.3, 0.4) is 0 Å². The van der Waals surface area contributed by atoms with E-state index in [0.29, 0.717) is 0 Å². The molecule has 0 radical (unpaired) electrons. The monoisotopic (exact) mass is 200 g/mol. The molecule has 0 aliphatic heterocycles. The van der Waals surface area contributed by atoms with Crippen LogP contribution in [0.4, 0.5) is 0 Å². The third kappa shape index (κ3) is 1.56. The van der Waals surface area contributed by atoms with Gasteiger partial charge in [0.1, 0.15) is 0 Å². The van der Waals surface area contributed by atoms with Gasteiger partial charge in [0, 0.05) is 11.8 Å². The van der Waals surface area contributed by atoms with Crippen molar-refractivity contribution < 1.29 is 0 Å². The summed E-state index contributed by atoms with van der Waals surface area (Å²) in [5.41, 5.74) is 4.97. The van der Waals surface area contributed by atoms with Crippen LogP contribution < -0.4 is 0 Å². The first kappa shape index (κ1) is 9.97. The van der Waals surface area contributed by atoms with Gasteiger partial charge in [0.15, 0.2) is 0 Å². The van der Waals surface area contributed by atoms with Crippen LogP contribution in [-0.2, 0) is 6.42 Å². The highest BCUT2D eigenvalue weighted by Gasteiger charge is 2.11. The van der Waals surface area contributed by atoms with Crippen molar-refractivity contribution in [2.24, 2.45) is 0 Å². The second-order valence-electron chi connectivity index (χ2n) is 3.68. The van der Waals surface area contributed by atoms with Gasteiger partial charge in [-0.3, -0.25) is 0 Å². The highest BCUT2D eigenvalue weighted by atomic mass is 15.2. The Morgan fingerprint density at radius 2 is 2.27 bits per heavy atom. The molecule has 15 heavy (non-hydrogen) atoms. The van der Waals surface area contributed by atoms with E-state index in [2.05, 4.69) is 44.1 Å². The quantitative estimate of drug-likeness (QED) is 0.727. The van der Waals surface area contributed by atoms with Crippen molar-refractivity contribution in [1.29, 1.82) is 0 Å². The zero-order valence-electron chi connectivity index (χ0n) is 9.49. The van der Waals surface area contributed by atoms with E-state index < -0.39 is 0 Å². The first-order valence-corrected chi connectivity index (χ1v) is 5.37. The molecule has 0 unspecified atom stereocenters. The van der Waals surface area contributed by atoms with Crippen LogP contribution in [0.15, 0.2) is 30.5 Å². The van der Waals surface area contributed by atoms with E-state index in [1.54, 1.807) is 0 Å². The summed E-state index contributed by atoms with van der Waals surface area (Å²) in [6.45, 7) is 6.36. The molecule has 0 bridgehead atoms. The van der Waals surface area contributed by atoms with Crippen molar-refractivity contribution in [3.8, 4) is 0 Å². The normalized spacial score (nSPS) is 12.3. The predicted molar refractivity (Wildman–Crippen MR) is 63.9 cm³/mol. The second kappa shape index (κ2) is 3.89. The van der Waals surface area contributed by atoms with Crippen LogP contribution >= 0.6 is 0 Å². The molecule has 0 spiro atoms. The predicted octanol–water partition coefficient (Wildman–Crippen LogP) is 3.32. The molecular formula is C13H16N2.